The molecular formula is C19H21N7. The van der Waals surface area contributed by atoms with Gasteiger partial charge in [0.2, 0.25) is 11.9 Å². The average molecular weight is 347 g/mol. The van der Waals surface area contributed by atoms with Gasteiger partial charge >= 0.3 is 0 Å². The third-order valence-corrected chi connectivity index (χ3v) is 4.42. The van der Waals surface area contributed by atoms with Gasteiger partial charge in [-0.1, -0.05) is 0 Å². The molecule has 0 aliphatic carbocycles. The number of rotatable bonds is 3. The molecule has 4 rings (SSSR count). The van der Waals surface area contributed by atoms with Crippen LogP contribution in [0.1, 0.15) is 11.4 Å². The Balaban J connectivity index is 1.48. The van der Waals surface area contributed by atoms with Crippen molar-refractivity contribution in [3.8, 4) is 11.3 Å². The molecule has 0 radical (unpaired) electrons. The van der Waals surface area contributed by atoms with Gasteiger partial charge in [-0.2, -0.15) is 0 Å². The number of piperazine rings is 1. The Morgan fingerprint density at radius 3 is 2.15 bits per heavy atom. The molecule has 0 N–H and O–H groups in total. The van der Waals surface area contributed by atoms with E-state index >= 15 is 0 Å². The largest absolute Gasteiger partial charge is 0.337 e. The maximum atomic E-state index is 4.72. The molecule has 1 saturated heterocycles. The van der Waals surface area contributed by atoms with E-state index in [1.54, 1.807) is 6.20 Å². The van der Waals surface area contributed by atoms with E-state index in [9.17, 15) is 0 Å². The molecule has 132 valence electrons. The Morgan fingerprint density at radius 1 is 0.808 bits per heavy atom. The van der Waals surface area contributed by atoms with Crippen molar-refractivity contribution in [3.05, 3.63) is 54.2 Å². The molecular weight excluding hydrogens is 326 g/mol. The van der Waals surface area contributed by atoms with Crippen LogP contribution in [0.4, 0.5) is 11.9 Å². The maximum Gasteiger partial charge on any atom is 0.225 e. The van der Waals surface area contributed by atoms with Gasteiger partial charge in [0.05, 0.1) is 5.69 Å². The third-order valence-electron chi connectivity index (χ3n) is 4.42. The first-order valence-electron chi connectivity index (χ1n) is 8.75. The van der Waals surface area contributed by atoms with Crippen LogP contribution in [0.25, 0.3) is 11.3 Å². The summed E-state index contributed by atoms with van der Waals surface area (Å²) in [7, 11) is 0. The maximum absolute atomic E-state index is 4.72. The van der Waals surface area contributed by atoms with E-state index in [1.807, 2.05) is 50.5 Å². The van der Waals surface area contributed by atoms with E-state index in [2.05, 4.69) is 29.7 Å². The van der Waals surface area contributed by atoms with Crippen LogP contribution in [0.15, 0.2) is 42.9 Å². The predicted octanol–water partition coefficient (Wildman–Crippen LogP) is 2.27. The van der Waals surface area contributed by atoms with Gasteiger partial charge in [0.1, 0.15) is 0 Å². The molecule has 0 unspecified atom stereocenters. The number of nitrogens with zero attached hydrogens (tertiary/aromatic N) is 7. The van der Waals surface area contributed by atoms with E-state index in [1.165, 1.54) is 0 Å². The molecule has 0 aromatic carbocycles. The number of aryl methyl sites for hydroxylation is 2. The van der Waals surface area contributed by atoms with Crippen molar-refractivity contribution in [2.75, 3.05) is 36.0 Å². The van der Waals surface area contributed by atoms with Gasteiger partial charge in [-0.05, 0) is 38.1 Å². The van der Waals surface area contributed by atoms with E-state index in [0.29, 0.717) is 0 Å². The molecule has 7 nitrogen and oxygen atoms in total. The molecule has 26 heavy (non-hydrogen) atoms. The Bertz CT molecular complexity index is 869. The zero-order valence-corrected chi connectivity index (χ0v) is 15.0. The summed E-state index contributed by atoms with van der Waals surface area (Å²) in [6.45, 7) is 7.39. The first-order valence-corrected chi connectivity index (χ1v) is 8.75. The van der Waals surface area contributed by atoms with Crippen LogP contribution in [0.3, 0.4) is 0 Å². The Labute approximate surface area is 152 Å². The van der Waals surface area contributed by atoms with E-state index in [4.69, 9.17) is 4.98 Å². The van der Waals surface area contributed by atoms with Crippen LogP contribution in [0.5, 0.6) is 0 Å². The molecule has 0 spiro atoms. The van der Waals surface area contributed by atoms with Crippen LogP contribution in [0, 0.1) is 13.8 Å². The van der Waals surface area contributed by atoms with Crippen molar-refractivity contribution < 1.29 is 0 Å². The van der Waals surface area contributed by atoms with Crippen molar-refractivity contribution in [2.45, 2.75) is 13.8 Å². The second-order valence-corrected chi connectivity index (χ2v) is 6.41. The Hall–Kier alpha value is -3.09. The van der Waals surface area contributed by atoms with Crippen LogP contribution in [0.2, 0.25) is 0 Å². The molecule has 0 saturated carbocycles. The van der Waals surface area contributed by atoms with Crippen molar-refractivity contribution in [1.29, 1.82) is 0 Å². The SMILES string of the molecule is Cc1cc(C)nc(N2CCN(c3nccc(-c4cccnc4)n3)CC2)n1. The van der Waals surface area contributed by atoms with Gasteiger partial charge in [-0.25, -0.2) is 19.9 Å². The highest BCUT2D eigenvalue weighted by Gasteiger charge is 2.21. The number of hydrogen-bond donors (Lipinski definition) is 0. The lowest BCUT2D eigenvalue weighted by Crippen LogP contribution is -2.47. The Morgan fingerprint density at radius 2 is 1.50 bits per heavy atom. The molecule has 7 heteroatoms. The Kier molecular flexibility index (Phi) is 4.43. The van der Waals surface area contributed by atoms with Crippen LogP contribution < -0.4 is 9.80 Å². The summed E-state index contributed by atoms with van der Waals surface area (Å²) in [5, 5.41) is 0. The van der Waals surface area contributed by atoms with Gasteiger partial charge in [0.15, 0.2) is 0 Å². The average Bonchev–Trinajstić information content (AvgIpc) is 2.68. The fraction of sp³-hybridized carbons (Fsp3) is 0.316. The second kappa shape index (κ2) is 7.03. The highest BCUT2D eigenvalue weighted by molar-refractivity contribution is 5.58. The summed E-state index contributed by atoms with van der Waals surface area (Å²) in [6.07, 6.45) is 5.39. The topological polar surface area (TPSA) is 70.9 Å². The van der Waals surface area contributed by atoms with Crippen LogP contribution >= 0.6 is 0 Å². The van der Waals surface area contributed by atoms with E-state index in [0.717, 1.165) is 60.7 Å². The molecule has 4 heterocycles. The standard InChI is InChI=1S/C19H21N7/c1-14-12-15(2)23-19(22-14)26-10-8-25(9-11-26)18-21-7-5-17(24-18)16-4-3-6-20-13-16/h3-7,12-13H,8-11H2,1-2H3. The number of hydrogen-bond acceptors (Lipinski definition) is 7. The normalized spacial score (nSPS) is 14.5. The summed E-state index contributed by atoms with van der Waals surface area (Å²) in [6, 6.07) is 7.84. The minimum atomic E-state index is 0.757. The summed E-state index contributed by atoms with van der Waals surface area (Å²) < 4.78 is 0. The van der Waals surface area contributed by atoms with Crippen LogP contribution in [-0.2, 0) is 0 Å². The first kappa shape index (κ1) is 16.4. The minimum Gasteiger partial charge on any atom is -0.337 e. The highest BCUT2D eigenvalue weighted by atomic mass is 15.4. The lowest BCUT2D eigenvalue weighted by Gasteiger charge is -2.35. The molecule has 0 atom stereocenters. The summed E-state index contributed by atoms with van der Waals surface area (Å²) in [5.41, 5.74) is 3.89. The molecule has 1 aliphatic rings. The van der Waals surface area contributed by atoms with Crippen molar-refractivity contribution in [2.24, 2.45) is 0 Å². The molecule has 1 aliphatic heterocycles. The summed E-state index contributed by atoms with van der Waals surface area (Å²) in [5.74, 6) is 1.57. The predicted molar refractivity (Wildman–Crippen MR) is 101 cm³/mol. The molecule has 1 fully saturated rings. The first-order chi connectivity index (χ1) is 12.7. The number of pyridine rings is 1. The monoisotopic (exact) mass is 347 g/mol. The van der Waals surface area contributed by atoms with Gasteiger partial charge in [-0.3, -0.25) is 4.98 Å². The number of aromatic nitrogens is 5. The van der Waals surface area contributed by atoms with Crippen molar-refractivity contribution in [1.82, 2.24) is 24.9 Å². The van der Waals surface area contributed by atoms with Crippen LogP contribution in [-0.4, -0.2) is 51.1 Å². The molecule has 3 aromatic heterocycles. The minimum absolute atomic E-state index is 0.757. The third kappa shape index (κ3) is 3.46. The second-order valence-electron chi connectivity index (χ2n) is 6.41. The lowest BCUT2D eigenvalue weighted by molar-refractivity contribution is 0.626. The zero-order chi connectivity index (χ0) is 17.9. The van der Waals surface area contributed by atoms with E-state index in [-0.39, 0.29) is 0 Å². The summed E-state index contributed by atoms with van der Waals surface area (Å²) >= 11 is 0. The fourth-order valence-corrected chi connectivity index (χ4v) is 3.13. The zero-order valence-electron chi connectivity index (χ0n) is 15.0. The van der Waals surface area contributed by atoms with Gasteiger partial charge in [0.25, 0.3) is 0 Å². The fourth-order valence-electron chi connectivity index (χ4n) is 3.13. The van der Waals surface area contributed by atoms with Crippen molar-refractivity contribution in [3.63, 3.8) is 0 Å². The van der Waals surface area contributed by atoms with Crippen molar-refractivity contribution >= 4 is 11.9 Å². The highest BCUT2D eigenvalue weighted by Crippen LogP contribution is 2.20. The van der Waals surface area contributed by atoms with Gasteiger partial charge < -0.3 is 9.80 Å². The number of anilines is 2. The summed E-state index contributed by atoms with van der Waals surface area (Å²) in [4.78, 5) is 26.9. The lowest BCUT2D eigenvalue weighted by atomic mass is 10.2. The quantitative estimate of drug-likeness (QED) is 0.720. The molecule has 3 aromatic rings. The molecule has 0 amide bonds. The smallest absolute Gasteiger partial charge is 0.225 e. The molecule has 0 bridgehead atoms. The van der Waals surface area contributed by atoms with Gasteiger partial charge in [-0.15, -0.1) is 0 Å². The van der Waals surface area contributed by atoms with Gasteiger partial charge in [0, 0.05) is 61.7 Å². The van der Waals surface area contributed by atoms with E-state index < -0.39 is 0 Å².